The van der Waals surface area contributed by atoms with Crippen molar-refractivity contribution in [2.45, 2.75) is 83.5 Å². The molecule has 34 heavy (non-hydrogen) atoms. The van der Waals surface area contributed by atoms with Crippen molar-refractivity contribution in [3.8, 4) is 0 Å². The SMILES string of the molecule is C=C1C(=O)N2CCCOC2CN1C(CC1(c2cc(C)cc(C)c2)CCCCC1)=NC(=O)C(C)O. The van der Waals surface area contributed by atoms with Crippen molar-refractivity contribution in [1.82, 2.24) is 9.80 Å². The maximum Gasteiger partial charge on any atom is 0.275 e. The molecule has 1 aromatic rings. The number of aliphatic imine (C=N–C) groups is 1. The van der Waals surface area contributed by atoms with Crippen LogP contribution < -0.4 is 0 Å². The highest BCUT2D eigenvalue weighted by Gasteiger charge is 2.42. The van der Waals surface area contributed by atoms with Crippen LogP contribution in [0.25, 0.3) is 0 Å². The molecule has 7 nitrogen and oxygen atoms in total. The Bertz CT molecular complexity index is 973. The van der Waals surface area contributed by atoms with E-state index in [0.717, 1.165) is 32.1 Å². The fraction of sp³-hybridized carbons (Fsp3) is 0.593. The van der Waals surface area contributed by atoms with Gasteiger partial charge in [0.15, 0.2) is 6.23 Å². The normalized spacial score (nSPS) is 24.1. The Morgan fingerprint density at radius 2 is 1.88 bits per heavy atom. The van der Waals surface area contributed by atoms with Crippen LogP contribution in [0.5, 0.6) is 0 Å². The number of piperazine rings is 1. The number of aliphatic hydroxyl groups is 1. The van der Waals surface area contributed by atoms with Gasteiger partial charge in [0.1, 0.15) is 17.6 Å². The van der Waals surface area contributed by atoms with Crippen molar-refractivity contribution in [3.63, 3.8) is 0 Å². The van der Waals surface area contributed by atoms with Crippen molar-refractivity contribution in [3.05, 3.63) is 47.2 Å². The first-order valence-corrected chi connectivity index (χ1v) is 12.5. The van der Waals surface area contributed by atoms with Crippen LogP contribution in [-0.4, -0.2) is 64.6 Å². The molecular formula is C27H37N3O4. The lowest BCUT2D eigenvalue weighted by molar-refractivity contribution is -0.159. The minimum absolute atomic E-state index is 0.183. The van der Waals surface area contributed by atoms with Crippen molar-refractivity contribution in [1.29, 1.82) is 0 Å². The molecule has 1 aromatic carbocycles. The molecule has 1 saturated carbocycles. The number of aliphatic hydroxyl groups excluding tert-OH is 1. The molecule has 1 aliphatic carbocycles. The third-order valence-corrected chi connectivity index (χ3v) is 7.42. The molecule has 3 aliphatic rings. The molecule has 0 bridgehead atoms. The Morgan fingerprint density at radius 1 is 1.21 bits per heavy atom. The van der Waals surface area contributed by atoms with Crippen molar-refractivity contribution >= 4 is 17.6 Å². The fourth-order valence-corrected chi connectivity index (χ4v) is 5.68. The summed E-state index contributed by atoms with van der Waals surface area (Å²) in [5.74, 6) is -0.287. The first kappa shape index (κ1) is 24.6. The van der Waals surface area contributed by atoms with Crippen LogP contribution in [0.15, 0.2) is 35.5 Å². The number of amidine groups is 1. The fourth-order valence-electron chi connectivity index (χ4n) is 5.68. The summed E-state index contributed by atoms with van der Waals surface area (Å²) < 4.78 is 5.90. The highest BCUT2D eigenvalue weighted by atomic mass is 16.5. The Labute approximate surface area is 202 Å². The summed E-state index contributed by atoms with van der Waals surface area (Å²) in [4.78, 5) is 33.7. The standard InChI is InChI=1S/C27H37N3O4/c1-18-13-19(2)15-22(14-18)27(9-6-5-7-10-27)16-23(28-25(32)21(4)31)30-17-24-29(11-8-12-34-24)26(33)20(30)3/h13-15,21,24,31H,3,5-12,16-17H2,1-2,4H3. The Morgan fingerprint density at radius 3 is 2.53 bits per heavy atom. The number of benzene rings is 1. The number of hydrogen-bond donors (Lipinski definition) is 1. The summed E-state index contributed by atoms with van der Waals surface area (Å²) >= 11 is 0. The predicted molar refractivity (Wildman–Crippen MR) is 131 cm³/mol. The first-order chi connectivity index (χ1) is 16.2. The molecular weight excluding hydrogens is 430 g/mol. The molecule has 2 amide bonds. The summed E-state index contributed by atoms with van der Waals surface area (Å²) in [6.45, 7) is 11.4. The van der Waals surface area contributed by atoms with Crippen LogP contribution in [0.3, 0.4) is 0 Å². The third-order valence-electron chi connectivity index (χ3n) is 7.42. The quantitative estimate of drug-likeness (QED) is 0.416. The molecule has 3 fully saturated rings. The summed E-state index contributed by atoms with van der Waals surface area (Å²) in [7, 11) is 0. The summed E-state index contributed by atoms with van der Waals surface area (Å²) in [6.07, 6.45) is 5.06. The van der Waals surface area contributed by atoms with E-state index in [1.54, 1.807) is 9.80 Å². The number of nitrogens with zero attached hydrogens (tertiary/aromatic N) is 3. The van der Waals surface area contributed by atoms with Gasteiger partial charge in [-0.15, -0.1) is 0 Å². The van der Waals surface area contributed by atoms with Crippen molar-refractivity contribution < 1.29 is 19.4 Å². The van der Waals surface area contributed by atoms with E-state index < -0.39 is 12.0 Å². The molecule has 0 spiro atoms. The Kier molecular flexibility index (Phi) is 7.24. The molecule has 1 N–H and O–H groups in total. The zero-order chi connectivity index (χ0) is 24.5. The maximum absolute atomic E-state index is 13.1. The van der Waals surface area contributed by atoms with E-state index in [9.17, 15) is 14.7 Å². The minimum Gasteiger partial charge on any atom is -0.383 e. The van der Waals surface area contributed by atoms with E-state index in [1.807, 2.05) is 0 Å². The second kappa shape index (κ2) is 10.0. The molecule has 2 unspecified atom stereocenters. The van der Waals surface area contributed by atoms with Gasteiger partial charge in [-0.05, 0) is 45.6 Å². The number of ether oxygens (including phenoxy) is 1. The van der Waals surface area contributed by atoms with E-state index in [2.05, 4.69) is 43.6 Å². The average molecular weight is 468 g/mol. The van der Waals surface area contributed by atoms with E-state index in [1.165, 1.54) is 30.0 Å². The lowest BCUT2D eigenvalue weighted by Crippen LogP contribution is -2.59. The van der Waals surface area contributed by atoms with Gasteiger partial charge in [0.05, 0.1) is 13.2 Å². The number of amides is 2. The van der Waals surface area contributed by atoms with Gasteiger partial charge in [-0.25, -0.2) is 0 Å². The van der Waals surface area contributed by atoms with E-state index in [-0.39, 0.29) is 17.6 Å². The summed E-state index contributed by atoms with van der Waals surface area (Å²) in [6, 6.07) is 6.66. The summed E-state index contributed by atoms with van der Waals surface area (Å²) in [5, 5.41) is 9.94. The lowest BCUT2D eigenvalue weighted by atomic mass is 9.66. The van der Waals surface area contributed by atoms with Crippen LogP contribution in [-0.2, 0) is 19.7 Å². The van der Waals surface area contributed by atoms with Crippen LogP contribution in [0.1, 0.15) is 68.6 Å². The van der Waals surface area contributed by atoms with Gasteiger partial charge in [-0.3, -0.25) is 9.59 Å². The van der Waals surface area contributed by atoms with Gasteiger partial charge in [0, 0.05) is 18.4 Å². The van der Waals surface area contributed by atoms with Crippen LogP contribution in [0.2, 0.25) is 0 Å². The second-order valence-corrected chi connectivity index (χ2v) is 10.2. The topological polar surface area (TPSA) is 82.4 Å². The highest BCUT2D eigenvalue weighted by Crippen LogP contribution is 2.44. The Hall–Kier alpha value is -2.51. The number of carbonyl (C=O) groups is 2. The molecule has 2 saturated heterocycles. The molecule has 7 heteroatoms. The van der Waals surface area contributed by atoms with Gasteiger partial charge < -0.3 is 19.6 Å². The second-order valence-electron chi connectivity index (χ2n) is 10.2. The Balaban J connectivity index is 1.75. The van der Waals surface area contributed by atoms with Gasteiger partial charge in [-0.1, -0.05) is 55.2 Å². The molecule has 4 rings (SSSR count). The van der Waals surface area contributed by atoms with E-state index in [4.69, 9.17) is 4.74 Å². The smallest absolute Gasteiger partial charge is 0.275 e. The average Bonchev–Trinajstić information content (AvgIpc) is 2.81. The lowest BCUT2D eigenvalue weighted by Gasteiger charge is -2.46. The molecule has 184 valence electrons. The number of fused-ring (bicyclic) bond motifs is 1. The molecule has 2 heterocycles. The van der Waals surface area contributed by atoms with Crippen molar-refractivity contribution in [2.24, 2.45) is 4.99 Å². The van der Waals surface area contributed by atoms with Gasteiger partial charge in [0.2, 0.25) is 0 Å². The first-order valence-electron chi connectivity index (χ1n) is 12.5. The van der Waals surface area contributed by atoms with Crippen LogP contribution >= 0.6 is 0 Å². The largest absolute Gasteiger partial charge is 0.383 e. The molecule has 2 aliphatic heterocycles. The minimum atomic E-state index is -1.21. The van der Waals surface area contributed by atoms with Crippen molar-refractivity contribution in [2.75, 3.05) is 19.7 Å². The van der Waals surface area contributed by atoms with E-state index >= 15 is 0 Å². The molecule has 0 aromatic heterocycles. The molecule has 2 atom stereocenters. The van der Waals surface area contributed by atoms with Gasteiger partial charge in [0.25, 0.3) is 11.8 Å². The van der Waals surface area contributed by atoms with Gasteiger partial charge >= 0.3 is 0 Å². The number of aryl methyl sites for hydroxylation is 2. The monoisotopic (exact) mass is 467 g/mol. The zero-order valence-electron chi connectivity index (χ0n) is 20.7. The maximum atomic E-state index is 13.1. The summed E-state index contributed by atoms with van der Waals surface area (Å²) in [5.41, 5.74) is 3.79. The number of carbonyl (C=O) groups excluding carboxylic acids is 2. The third kappa shape index (κ3) is 4.96. The highest BCUT2D eigenvalue weighted by molar-refractivity contribution is 6.03. The number of hydrogen-bond acceptors (Lipinski definition) is 4. The predicted octanol–water partition coefficient (Wildman–Crippen LogP) is 3.61. The van der Waals surface area contributed by atoms with Crippen LogP contribution in [0, 0.1) is 13.8 Å². The van der Waals surface area contributed by atoms with Crippen LogP contribution in [0.4, 0.5) is 0 Å². The van der Waals surface area contributed by atoms with E-state index in [0.29, 0.717) is 37.6 Å². The number of rotatable bonds is 4. The van der Waals surface area contributed by atoms with Gasteiger partial charge in [-0.2, -0.15) is 4.99 Å². The molecule has 0 radical (unpaired) electrons. The zero-order valence-corrected chi connectivity index (χ0v) is 20.7.